The van der Waals surface area contributed by atoms with Crippen molar-refractivity contribution in [3.8, 4) is 0 Å². The number of fused-ring (bicyclic) bond motifs is 2. The fourth-order valence-electron chi connectivity index (χ4n) is 3.63. The SMILES string of the molecule is Cc1ccc2oc3c(c(=O)c2c1)[C@@H](c1ccc(Cl)cc1)N(c1nnc(C)s1)C3=O. The van der Waals surface area contributed by atoms with Crippen LogP contribution in [-0.4, -0.2) is 16.1 Å². The summed E-state index contributed by atoms with van der Waals surface area (Å²) < 4.78 is 5.93. The molecule has 0 aliphatic carbocycles. The van der Waals surface area contributed by atoms with Crippen LogP contribution < -0.4 is 10.3 Å². The molecule has 0 saturated carbocycles. The first kappa shape index (κ1) is 18.0. The number of carbonyl (C=O) groups is 1. The predicted octanol–water partition coefficient (Wildman–Crippen LogP) is 4.66. The first-order valence-corrected chi connectivity index (χ1v) is 10.1. The number of hydrogen-bond donors (Lipinski definition) is 0. The molecule has 5 rings (SSSR count). The molecule has 1 aliphatic heterocycles. The van der Waals surface area contributed by atoms with E-state index in [1.165, 1.54) is 16.2 Å². The average molecular weight is 424 g/mol. The molecule has 1 amide bonds. The van der Waals surface area contributed by atoms with Gasteiger partial charge in [0.25, 0.3) is 5.91 Å². The van der Waals surface area contributed by atoms with Gasteiger partial charge in [-0.15, -0.1) is 10.2 Å². The van der Waals surface area contributed by atoms with Crippen molar-refractivity contribution < 1.29 is 9.21 Å². The number of amides is 1. The van der Waals surface area contributed by atoms with Crippen LogP contribution in [0.5, 0.6) is 0 Å². The number of carbonyl (C=O) groups excluding carboxylic acids is 1. The molecule has 144 valence electrons. The van der Waals surface area contributed by atoms with Crippen LogP contribution in [0.25, 0.3) is 11.0 Å². The molecular formula is C21H14ClN3O3S. The Hall–Kier alpha value is -3.03. The summed E-state index contributed by atoms with van der Waals surface area (Å²) in [6.07, 6.45) is 0. The van der Waals surface area contributed by atoms with Crippen molar-refractivity contribution in [1.82, 2.24) is 10.2 Å². The summed E-state index contributed by atoms with van der Waals surface area (Å²) in [7, 11) is 0. The van der Waals surface area contributed by atoms with Gasteiger partial charge in [0.05, 0.1) is 17.0 Å². The van der Waals surface area contributed by atoms with E-state index in [0.717, 1.165) is 16.1 Å². The Morgan fingerprint density at radius 2 is 1.83 bits per heavy atom. The van der Waals surface area contributed by atoms with E-state index in [2.05, 4.69) is 10.2 Å². The molecule has 4 aromatic rings. The van der Waals surface area contributed by atoms with Crippen LogP contribution in [-0.2, 0) is 0 Å². The lowest BCUT2D eigenvalue weighted by Gasteiger charge is -2.22. The van der Waals surface area contributed by atoms with Crippen LogP contribution in [0.4, 0.5) is 5.13 Å². The Morgan fingerprint density at radius 1 is 1.07 bits per heavy atom. The number of anilines is 1. The Kier molecular flexibility index (Phi) is 4.04. The molecule has 3 heterocycles. The Bertz CT molecular complexity index is 1340. The standard InChI is InChI=1S/C21H14ClN3O3S/c1-10-3-8-15-14(9-10)18(26)16-17(12-4-6-13(22)7-5-12)25(20(27)19(16)28-15)21-24-23-11(2)29-21/h3-9,17H,1-2H3/t17-/m1/s1. The third kappa shape index (κ3) is 2.77. The highest BCUT2D eigenvalue weighted by Crippen LogP contribution is 2.42. The molecule has 0 fully saturated rings. The Labute approximate surface area is 174 Å². The van der Waals surface area contributed by atoms with E-state index in [0.29, 0.717) is 26.7 Å². The summed E-state index contributed by atoms with van der Waals surface area (Å²) in [4.78, 5) is 28.3. The second-order valence-corrected chi connectivity index (χ2v) is 8.50. The maximum atomic E-state index is 13.5. The van der Waals surface area contributed by atoms with E-state index in [-0.39, 0.29) is 11.2 Å². The van der Waals surface area contributed by atoms with E-state index in [1.807, 2.05) is 19.9 Å². The largest absolute Gasteiger partial charge is 0.450 e. The van der Waals surface area contributed by atoms with Crippen molar-refractivity contribution in [3.63, 3.8) is 0 Å². The molecule has 2 aromatic heterocycles. The van der Waals surface area contributed by atoms with Crippen molar-refractivity contribution in [2.45, 2.75) is 19.9 Å². The Balaban J connectivity index is 1.83. The van der Waals surface area contributed by atoms with Crippen molar-refractivity contribution in [1.29, 1.82) is 0 Å². The van der Waals surface area contributed by atoms with Crippen LogP contribution >= 0.6 is 22.9 Å². The van der Waals surface area contributed by atoms with Crippen molar-refractivity contribution >= 4 is 44.9 Å². The van der Waals surface area contributed by atoms with E-state index >= 15 is 0 Å². The molecule has 29 heavy (non-hydrogen) atoms. The highest BCUT2D eigenvalue weighted by molar-refractivity contribution is 7.15. The number of rotatable bonds is 2. The van der Waals surface area contributed by atoms with Gasteiger partial charge < -0.3 is 4.42 Å². The van der Waals surface area contributed by atoms with Crippen LogP contribution in [0.1, 0.15) is 38.3 Å². The van der Waals surface area contributed by atoms with Crippen molar-refractivity contribution in [3.05, 3.63) is 85.2 Å². The van der Waals surface area contributed by atoms with Crippen LogP contribution in [0.3, 0.4) is 0 Å². The molecular weight excluding hydrogens is 410 g/mol. The van der Waals surface area contributed by atoms with Gasteiger partial charge in [0.2, 0.25) is 10.9 Å². The number of aromatic nitrogens is 2. The van der Waals surface area contributed by atoms with E-state index in [9.17, 15) is 9.59 Å². The molecule has 1 aliphatic rings. The number of benzene rings is 2. The molecule has 0 spiro atoms. The maximum absolute atomic E-state index is 13.5. The van der Waals surface area contributed by atoms with Crippen LogP contribution in [0.15, 0.2) is 51.7 Å². The summed E-state index contributed by atoms with van der Waals surface area (Å²) in [5.41, 5.74) is 2.16. The molecule has 1 atom stereocenters. The number of nitrogens with zero attached hydrogens (tertiary/aromatic N) is 3. The first-order chi connectivity index (χ1) is 13.9. The summed E-state index contributed by atoms with van der Waals surface area (Å²) in [5.74, 6) is -0.366. The molecule has 6 nitrogen and oxygen atoms in total. The van der Waals surface area contributed by atoms with Gasteiger partial charge in [0.1, 0.15) is 10.6 Å². The maximum Gasteiger partial charge on any atom is 0.297 e. The lowest BCUT2D eigenvalue weighted by Crippen LogP contribution is -2.29. The first-order valence-electron chi connectivity index (χ1n) is 8.90. The number of aryl methyl sites for hydroxylation is 2. The minimum Gasteiger partial charge on any atom is -0.450 e. The average Bonchev–Trinajstić information content (AvgIpc) is 3.25. The van der Waals surface area contributed by atoms with Crippen LogP contribution in [0.2, 0.25) is 5.02 Å². The van der Waals surface area contributed by atoms with Crippen molar-refractivity contribution in [2.75, 3.05) is 4.90 Å². The topological polar surface area (TPSA) is 76.3 Å². The van der Waals surface area contributed by atoms with Crippen LogP contribution in [0, 0.1) is 13.8 Å². The molecule has 2 aromatic carbocycles. The predicted molar refractivity (Wildman–Crippen MR) is 112 cm³/mol. The van der Waals surface area contributed by atoms with Gasteiger partial charge in [-0.2, -0.15) is 0 Å². The van der Waals surface area contributed by atoms with Gasteiger partial charge in [-0.3, -0.25) is 14.5 Å². The van der Waals surface area contributed by atoms with Crippen molar-refractivity contribution in [2.24, 2.45) is 0 Å². The molecule has 0 unspecified atom stereocenters. The molecule has 8 heteroatoms. The number of hydrogen-bond acceptors (Lipinski definition) is 6. The van der Waals surface area contributed by atoms with E-state index in [1.54, 1.807) is 36.4 Å². The monoisotopic (exact) mass is 423 g/mol. The quantitative estimate of drug-likeness (QED) is 0.468. The third-order valence-electron chi connectivity index (χ3n) is 4.93. The summed E-state index contributed by atoms with van der Waals surface area (Å²) in [6, 6.07) is 11.7. The minimum atomic E-state index is -0.664. The zero-order valence-corrected chi connectivity index (χ0v) is 17.0. The van der Waals surface area contributed by atoms with Gasteiger partial charge in [-0.1, -0.05) is 46.7 Å². The minimum absolute atomic E-state index is 0.0409. The molecule has 0 radical (unpaired) electrons. The smallest absolute Gasteiger partial charge is 0.297 e. The van der Waals surface area contributed by atoms with Gasteiger partial charge in [0.15, 0.2) is 5.43 Å². The van der Waals surface area contributed by atoms with Gasteiger partial charge >= 0.3 is 0 Å². The van der Waals surface area contributed by atoms with Gasteiger partial charge in [-0.25, -0.2) is 0 Å². The lowest BCUT2D eigenvalue weighted by atomic mass is 9.98. The highest BCUT2D eigenvalue weighted by atomic mass is 35.5. The summed E-state index contributed by atoms with van der Waals surface area (Å²) >= 11 is 7.34. The van der Waals surface area contributed by atoms with E-state index < -0.39 is 11.9 Å². The molecule has 0 N–H and O–H groups in total. The highest BCUT2D eigenvalue weighted by Gasteiger charge is 2.45. The summed E-state index contributed by atoms with van der Waals surface area (Å²) in [5, 5.41) is 10.3. The second kappa shape index (κ2) is 6.50. The fourth-order valence-corrected chi connectivity index (χ4v) is 4.47. The number of halogens is 1. The zero-order chi connectivity index (χ0) is 20.3. The molecule has 0 saturated heterocycles. The second-order valence-electron chi connectivity index (χ2n) is 6.91. The summed E-state index contributed by atoms with van der Waals surface area (Å²) in [6.45, 7) is 3.72. The third-order valence-corrected chi connectivity index (χ3v) is 6.02. The van der Waals surface area contributed by atoms with Gasteiger partial charge in [-0.05, 0) is 43.7 Å². The normalized spacial score (nSPS) is 15.9. The van der Waals surface area contributed by atoms with Gasteiger partial charge in [0, 0.05) is 5.02 Å². The molecule has 0 bridgehead atoms. The lowest BCUT2D eigenvalue weighted by molar-refractivity contribution is 0.0970. The Morgan fingerprint density at radius 3 is 2.52 bits per heavy atom. The fraction of sp³-hybridized carbons (Fsp3) is 0.143. The van der Waals surface area contributed by atoms with E-state index in [4.69, 9.17) is 16.0 Å². The zero-order valence-electron chi connectivity index (χ0n) is 15.5.